The molecule has 0 bridgehead atoms. The lowest BCUT2D eigenvalue weighted by Gasteiger charge is -2.34. The molecule has 0 amide bonds. The van der Waals surface area contributed by atoms with Gasteiger partial charge in [-0.05, 0) is 53.4 Å². The van der Waals surface area contributed by atoms with Gasteiger partial charge in [0.1, 0.15) is 39.3 Å². The van der Waals surface area contributed by atoms with Crippen LogP contribution in [-0.2, 0) is 12.8 Å². The van der Waals surface area contributed by atoms with Crippen LogP contribution in [0.25, 0.3) is 21.9 Å². The third-order valence-corrected chi connectivity index (χ3v) is 6.03. The molecule has 3 heterocycles. The molecule has 0 radical (unpaired) electrons. The lowest BCUT2D eigenvalue weighted by atomic mass is 9.90. The fourth-order valence-electron chi connectivity index (χ4n) is 4.42. The zero-order valence-electron chi connectivity index (χ0n) is 17.0. The maximum atomic E-state index is 13.7. The lowest BCUT2D eigenvalue weighted by molar-refractivity contribution is 0.0810. The maximum absolute atomic E-state index is 13.7. The van der Waals surface area contributed by atoms with Crippen molar-refractivity contribution in [2.45, 2.75) is 64.6 Å². The Hall–Kier alpha value is -2.89. The van der Waals surface area contributed by atoms with Crippen molar-refractivity contribution in [1.29, 1.82) is 0 Å². The van der Waals surface area contributed by atoms with Crippen molar-refractivity contribution in [1.82, 2.24) is 0 Å². The van der Waals surface area contributed by atoms with Crippen molar-refractivity contribution in [3.05, 3.63) is 33.5 Å². The normalized spacial score (nSPS) is 19.3. The predicted molar refractivity (Wildman–Crippen MR) is 109 cm³/mol. The molecule has 0 saturated carbocycles. The topological polar surface area (TPSA) is 89.1 Å². The van der Waals surface area contributed by atoms with Crippen LogP contribution in [-0.4, -0.2) is 21.4 Å². The van der Waals surface area contributed by atoms with E-state index in [0.29, 0.717) is 52.7 Å². The number of hydrogen-bond acceptors (Lipinski definition) is 6. The standard InChI is InChI=1S/C23H24O6/c1-22(2)8-6-12-17-15(10-14(25)20(12)28-22)27-16-9-13(24)11-5-7-23(3,4)29-21(11)18(16)19(17)26/h9-10,24-25H,5-8H2,1-4H3. The summed E-state index contributed by atoms with van der Waals surface area (Å²) >= 11 is 0. The summed E-state index contributed by atoms with van der Waals surface area (Å²) in [6, 6.07) is 2.88. The van der Waals surface area contributed by atoms with Crippen LogP contribution < -0.4 is 14.9 Å². The molecule has 152 valence electrons. The van der Waals surface area contributed by atoms with E-state index in [1.807, 2.05) is 27.7 Å². The molecule has 0 spiro atoms. The first-order valence-corrected chi connectivity index (χ1v) is 9.94. The Morgan fingerprint density at radius 1 is 0.793 bits per heavy atom. The van der Waals surface area contributed by atoms with E-state index < -0.39 is 11.2 Å². The number of rotatable bonds is 0. The minimum Gasteiger partial charge on any atom is -0.507 e. The number of phenols is 2. The molecule has 6 nitrogen and oxygen atoms in total. The Kier molecular flexibility index (Phi) is 3.50. The van der Waals surface area contributed by atoms with E-state index in [0.717, 1.165) is 6.42 Å². The van der Waals surface area contributed by atoms with E-state index in [1.54, 1.807) is 0 Å². The first kappa shape index (κ1) is 18.2. The zero-order valence-corrected chi connectivity index (χ0v) is 17.0. The zero-order chi connectivity index (χ0) is 20.7. The Morgan fingerprint density at radius 2 is 1.34 bits per heavy atom. The van der Waals surface area contributed by atoms with Gasteiger partial charge < -0.3 is 24.1 Å². The summed E-state index contributed by atoms with van der Waals surface area (Å²) in [7, 11) is 0. The van der Waals surface area contributed by atoms with Crippen LogP contribution in [0.2, 0.25) is 0 Å². The summed E-state index contributed by atoms with van der Waals surface area (Å²) in [5.74, 6) is 0.736. The Morgan fingerprint density at radius 3 is 2.03 bits per heavy atom. The molecule has 29 heavy (non-hydrogen) atoms. The van der Waals surface area contributed by atoms with Gasteiger partial charge in [-0.2, -0.15) is 0 Å². The summed E-state index contributed by atoms with van der Waals surface area (Å²) in [5, 5.41) is 21.7. The van der Waals surface area contributed by atoms with E-state index in [9.17, 15) is 15.0 Å². The van der Waals surface area contributed by atoms with Gasteiger partial charge in [0.2, 0.25) is 5.43 Å². The molecular weight excluding hydrogens is 372 g/mol. The van der Waals surface area contributed by atoms with Gasteiger partial charge >= 0.3 is 0 Å². The van der Waals surface area contributed by atoms with Gasteiger partial charge in [0.05, 0.1) is 5.39 Å². The average Bonchev–Trinajstić information content (AvgIpc) is 2.60. The molecule has 2 aliphatic heterocycles. The molecule has 0 unspecified atom stereocenters. The number of benzene rings is 2. The lowest BCUT2D eigenvalue weighted by Crippen LogP contribution is -2.34. The largest absolute Gasteiger partial charge is 0.507 e. The first-order chi connectivity index (χ1) is 13.6. The molecule has 6 heteroatoms. The second-order valence-electron chi connectivity index (χ2n) is 9.31. The van der Waals surface area contributed by atoms with Crippen LogP contribution in [0.3, 0.4) is 0 Å². The summed E-state index contributed by atoms with van der Waals surface area (Å²) < 4.78 is 18.1. The van der Waals surface area contributed by atoms with Gasteiger partial charge in [-0.25, -0.2) is 0 Å². The number of hydrogen-bond donors (Lipinski definition) is 2. The Bertz CT molecular complexity index is 1250. The highest BCUT2D eigenvalue weighted by Crippen LogP contribution is 2.46. The van der Waals surface area contributed by atoms with Crippen LogP contribution >= 0.6 is 0 Å². The molecule has 0 fully saturated rings. The maximum Gasteiger partial charge on any atom is 0.204 e. The number of aromatic hydroxyl groups is 2. The van der Waals surface area contributed by atoms with Crippen molar-refractivity contribution in [2.24, 2.45) is 0 Å². The van der Waals surface area contributed by atoms with E-state index in [2.05, 4.69) is 0 Å². The van der Waals surface area contributed by atoms with Gasteiger partial charge in [-0.1, -0.05) is 0 Å². The Balaban J connectivity index is 1.90. The summed E-state index contributed by atoms with van der Waals surface area (Å²) in [6.45, 7) is 7.84. The highest BCUT2D eigenvalue weighted by Gasteiger charge is 2.34. The molecule has 0 aliphatic carbocycles. The first-order valence-electron chi connectivity index (χ1n) is 9.94. The minimum atomic E-state index is -0.448. The van der Waals surface area contributed by atoms with Crippen LogP contribution in [0.4, 0.5) is 0 Å². The number of aryl methyl sites for hydroxylation is 1. The monoisotopic (exact) mass is 396 g/mol. The van der Waals surface area contributed by atoms with Crippen LogP contribution in [0, 0.1) is 0 Å². The molecular formula is C23H24O6. The second kappa shape index (κ2) is 5.59. The highest BCUT2D eigenvalue weighted by atomic mass is 16.5. The van der Waals surface area contributed by atoms with Gasteiger partial charge in [0.15, 0.2) is 11.5 Å². The van der Waals surface area contributed by atoms with E-state index in [-0.39, 0.29) is 28.1 Å². The predicted octanol–water partition coefficient (Wildman–Crippen LogP) is 4.56. The van der Waals surface area contributed by atoms with Crippen LogP contribution in [0.1, 0.15) is 51.7 Å². The summed E-state index contributed by atoms with van der Waals surface area (Å²) in [6.07, 6.45) is 2.67. The van der Waals surface area contributed by atoms with E-state index in [4.69, 9.17) is 13.9 Å². The smallest absolute Gasteiger partial charge is 0.204 e. The van der Waals surface area contributed by atoms with Gasteiger partial charge in [0, 0.05) is 23.3 Å². The van der Waals surface area contributed by atoms with Crippen molar-refractivity contribution in [3.8, 4) is 23.0 Å². The van der Waals surface area contributed by atoms with E-state index in [1.165, 1.54) is 12.1 Å². The van der Waals surface area contributed by atoms with Gasteiger partial charge in [-0.15, -0.1) is 0 Å². The van der Waals surface area contributed by atoms with E-state index >= 15 is 0 Å². The SMILES string of the molecule is CC1(C)CCc2c(c(O)cc3oc4cc(O)c5c(c4c(=O)c23)OC(C)(C)CC5)O1. The van der Waals surface area contributed by atoms with Crippen LogP contribution in [0.5, 0.6) is 23.0 Å². The molecule has 2 aromatic carbocycles. The fourth-order valence-corrected chi connectivity index (χ4v) is 4.42. The molecule has 0 atom stereocenters. The van der Waals surface area contributed by atoms with Crippen LogP contribution in [0.15, 0.2) is 21.3 Å². The number of fused-ring (bicyclic) bond motifs is 6. The quantitative estimate of drug-likeness (QED) is 0.541. The van der Waals surface area contributed by atoms with Gasteiger partial charge in [0.25, 0.3) is 0 Å². The minimum absolute atomic E-state index is 0.0534. The molecule has 3 aromatic rings. The Labute approximate surface area is 167 Å². The van der Waals surface area contributed by atoms with Crippen molar-refractivity contribution in [2.75, 3.05) is 0 Å². The summed E-state index contributed by atoms with van der Waals surface area (Å²) in [4.78, 5) is 13.7. The molecule has 2 N–H and O–H groups in total. The highest BCUT2D eigenvalue weighted by molar-refractivity contribution is 5.98. The van der Waals surface area contributed by atoms with Crippen molar-refractivity contribution >= 4 is 21.9 Å². The second-order valence-corrected chi connectivity index (χ2v) is 9.31. The molecule has 5 rings (SSSR count). The molecule has 0 saturated heterocycles. The van der Waals surface area contributed by atoms with Gasteiger partial charge in [-0.3, -0.25) is 4.79 Å². The van der Waals surface area contributed by atoms with Crippen molar-refractivity contribution in [3.63, 3.8) is 0 Å². The number of ether oxygens (including phenoxy) is 2. The van der Waals surface area contributed by atoms with Crippen molar-refractivity contribution < 1.29 is 24.1 Å². The summed E-state index contributed by atoms with van der Waals surface area (Å²) in [5.41, 5.74) is 0.712. The third kappa shape index (κ3) is 2.65. The molecule has 2 aliphatic rings. The number of phenolic OH excluding ortho intramolecular Hbond substituents is 2. The third-order valence-electron chi connectivity index (χ3n) is 6.03. The molecule has 1 aromatic heterocycles. The average molecular weight is 396 g/mol. The fraction of sp³-hybridized carbons (Fsp3) is 0.435.